The molecule has 0 aliphatic carbocycles. The summed E-state index contributed by atoms with van der Waals surface area (Å²) in [5.41, 5.74) is 2.86. The monoisotopic (exact) mass is 468 g/mol. The molecular weight excluding hydrogens is 436 g/mol. The molecule has 4 atom stereocenters. The fourth-order valence-electron chi connectivity index (χ4n) is 4.32. The van der Waals surface area contributed by atoms with Crippen LogP contribution in [0.2, 0.25) is 0 Å². The molecule has 3 amide bonds. The number of ether oxygens (including phenoxy) is 1. The van der Waals surface area contributed by atoms with E-state index in [-0.39, 0.29) is 18.9 Å². The van der Waals surface area contributed by atoms with Crippen LogP contribution in [0.1, 0.15) is 12.0 Å². The Balaban J connectivity index is 1.22. The van der Waals surface area contributed by atoms with Crippen LogP contribution in [0.4, 0.5) is 16.2 Å². The van der Waals surface area contributed by atoms with Crippen molar-refractivity contribution in [3.8, 4) is 0 Å². The van der Waals surface area contributed by atoms with Gasteiger partial charge >= 0.3 is 6.03 Å². The lowest BCUT2D eigenvalue weighted by Gasteiger charge is -2.36. The number of hydrogen-bond acceptors (Lipinski definition) is 6. The fraction of sp³-hybridized carbons (Fsp3) is 0.440. The molecule has 0 unspecified atom stereocenters. The third-order valence-electron chi connectivity index (χ3n) is 6.36. The summed E-state index contributed by atoms with van der Waals surface area (Å²) < 4.78 is 5.75. The summed E-state index contributed by atoms with van der Waals surface area (Å²) in [4.78, 5) is 29.0. The van der Waals surface area contributed by atoms with E-state index in [1.807, 2.05) is 37.3 Å². The Morgan fingerprint density at radius 1 is 0.941 bits per heavy atom. The van der Waals surface area contributed by atoms with Crippen LogP contribution in [-0.2, 0) is 9.53 Å². The first-order valence-corrected chi connectivity index (χ1v) is 11.6. The molecule has 2 fully saturated rings. The molecule has 2 aliphatic rings. The van der Waals surface area contributed by atoms with Gasteiger partial charge in [-0.1, -0.05) is 35.9 Å². The summed E-state index contributed by atoms with van der Waals surface area (Å²) in [6, 6.07) is 17.0. The van der Waals surface area contributed by atoms with Crippen molar-refractivity contribution in [2.24, 2.45) is 0 Å². The van der Waals surface area contributed by atoms with Crippen molar-refractivity contribution in [3.63, 3.8) is 0 Å². The minimum absolute atomic E-state index is 0.0103. The summed E-state index contributed by atoms with van der Waals surface area (Å²) in [5, 5.41) is 26.1. The van der Waals surface area contributed by atoms with Crippen molar-refractivity contribution in [1.82, 2.24) is 10.2 Å². The van der Waals surface area contributed by atoms with E-state index in [4.69, 9.17) is 4.74 Å². The SMILES string of the molecule is Cc1ccc(NC(=O)NC[C@@H]2O[C@@H](CC(=O)N3CCN(c4ccccc4)CC3)[C@H](O)[C@@H]2O)cc1. The van der Waals surface area contributed by atoms with Gasteiger partial charge in [0.15, 0.2) is 0 Å². The number of rotatable bonds is 6. The molecule has 2 aliphatic heterocycles. The van der Waals surface area contributed by atoms with Gasteiger partial charge in [0.2, 0.25) is 5.91 Å². The fourth-order valence-corrected chi connectivity index (χ4v) is 4.32. The first kappa shape index (κ1) is 24.0. The molecule has 2 aromatic rings. The highest BCUT2D eigenvalue weighted by Crippen LogP contribution is 2.25. The normalized spacial score (nSPS) is 24.7. The summed E-state index contributed by atoms with van der Waals surface area (Å²) >= 11 is 0. The number of amides is 3. The van der Waals surface area contributed by atoms with Gasteiger partial charge in [0, 0.05) is 44.1 Å². The molecule has 34 heavy (non-hydrogen) atoms. The zero-order chi connectivity index (χ0) is 24.1. The van der Waals surface area contributed by atoms with Crippen LogP contribution in [0.3, 0.4) is 0 Å². The maximum absolute atomic E-state index is 12.8. The number of anilines is 2. The maximum Gasteiger partial charge on any atom is 0.319 e. The van der Waals surface area contributed by atoms with Gasteiger partial charge in [-0.25, -0.2) is 4.79 Å². The molecule has 9 heteroatoms. The number of benzene rings is 2. The number of hydrogen-bond donors (Lipinski definition) is 4. The van der Waals surface area contributed by atoms with Crippen LogP contribution >= 0.6 is 0 Å². The van der Waals surface area contributed by atoms with Crippen molar-refractivity contribution in [3.05, 3.63) is 60.2 Å². The smallest absolute Gasteiger partial charge is 0.319 e. The maximum atomic E-state index is 12.8. The Kier molecular flexibility index (Phi) is 7.66. The Bertz CT molecular complexity index is 963. The van der Waals surface area contributed by atoms with Gasteiger partial charge in [0.1, 0.15) is 18.3 Å². The lowest BCUT2D eigenvalue weighted by molar-refractivity contribution is -0.135. The summed E-state index contributed by atoms with van der Waals surface area (Å²) in [5.74, 6) is -0.116. The number of piperazine rings is 1. The molecule has 0 bridgehead atoms. The van der Waals surface area contributed by atoms with Crippen molar-refractivity contribution < 1.29 is 24.5 Å². The molecule has 9 nitrogen and oxygen atoms in total. The topological polar surface area (TPSA) is 114 Å². The second-order valence-corrected chi connectivity index (χ2v) is 8.80. The highest BCUT2D eigenvalue weighted by molar-refractivity contribution is 5.89. The van der Waals surface area contributed by atoms with Crippen LogP contribution in [-0.4, -0.2) is 84.2 Å². The summed E-state index contributed by atoms with van der Waals surface area (Å²) in [7, 11) is 0. The van der Waals surface area contributed by atoms with Crippen molar-refractivity contribution >= 4 is 23.3 Å². The van der Waals surface area contributed by atoms with Gasteiger partial charge in [-0.05, 0) is 31.2 Å². The first-order valence-electron chi connectivity index (χ1n) is 11.6. The summed E-state index contributed by atoms with van der Waals surface area (Å²) in [6.45, 7) is 4.60. The minimum Gasteiger partial charge on any atom is -0.388 e. The van der Waals surface area contributed by atoms with E-state index < -0.39 is 30.4 Å². The Morgan fingerprint density at radius 3 is 2.26 bits per heavy atom. The quantitative estimate of drug-likeness (QED) is 0.509. The van der Waals surface area contributed by atoms with Crippen molar-refractivity contribution in [1.29, 1.82) is 0 Å². The molecule has 0 aromatic heterocycles. The lowest BCUT2D eigenvalue weighted by Crippen LogP contribution is -2.49. The number of nitrogens with zero attached hydrogens (tertiary/aromatic N) is 2. The molecule has 0 spiro atoms. The molecule has 4 rings (SSSR count). The molecule has 2 heterocycles. The van der Waals surface area contributed by atoms with Gasteiger partial charge < -0.3 is 35.4 Å². The second kappa shape index (κ2) is 10.9. The third-order valence-corrected chi connectivity index (χ3v) is 6.36. The largest absolute Gasteiger partial charge is 0.388 e. The highest BCUT2D eigenvalue weighted by atomic mass is 16.5. The molecule has 0 radical (unpaired) electrons. The number of para-hydroxylation sites is 1. The van der Waals surface area contributed by atoms with Gasteiger partial charge in [-0.15, -0.1) is 0 Å². The van der Waals surface area contributed by atoms with Crippen LogP contribution in [0.15, 0.2) is 54.6 Å². The first-order chi connectivity index (χ1) is 16.4. The van der Waals surface area contributed by atoms with E-state index >= 15 is 0 Å². The standard InChI is InChI=1S/C25H32N4O5/c1-17-7-9-18(10-8-17)27-25(33)26-16-21-24(32)23(31)20(34-21)15-22(30)29-13-11-28(12-14-29)19-5-3-2-4-6-19/h2-10,20-21,23-24,31-32H,11-16H2,1H3,(H2,26,27,33)/t20-,21-,23-,24+/m0/s1. The van der Waals surface area contributed by atoms with Gasteiger partial charge in [-0.2, -0.15) is 0 Å². The Hall–Kier alpha value is -3.14. The number of urea groups is 1. The van der Waals surface area contributed by atoms with Crippen LogP contribution in [0, 0.1) is 6.92 Å². The number of aliphatic hydroxyl groups excluding tert-OH is 2. The molecule has 0 saturated carbocycles. The zero-order valence-corrected chi connectivity index (χ0v) is 19.3. The van der Waals surface area contributed by atoms with Gasteiger partial charge in [0.25, 0.3) is 0 Å². The Morgan fingerprint density at radius 2 is 1.59 bits per heavy atom. The number of aryl methyl sites for hydroxylation is 1. The number of carbonyl (C=O) groups is 2. The number of aliphatic hydroxyl groups is 2. The van der Waals surface area contributed by atoms with Gasteiger partial charge in [-0.3, -0.25) is 4.79 Å². The molecule has 2 aromatic carbocycles. The minimum atomic E-state index is -1.19. The molecule has 2 saturated heterocycles. The van der Waals surface area contributed by atoms with E-state index in [0.717, 1.165) is 24.3 Å². The predicted octanol–water partition coefficient (Wildman–Crippen LogP) is 1.34. The number of carbonyl (C=O) groups excluding carboxylic acids is 2. The average Bonchev–Trinajstić information content (AvgIpc) is 3.12. The molecule has 4 N–H and O–H groups in total. The second-order valence-electron chi connectivity index (χ2n) is 8.80. The van der Waals surface area contributed by atoms with E-state index in [9.17, 15) is 19.8 Å². The predicted molar refractivity (Wildman–Crippen MR) is 129 cm³/mol. The number of nitrogens with one attached hydrogen (secondary N) is 2. The molecule has 182 valence electrons. The lowest BCUT2D eigenvalue weighted by atomic mass is 10.0. The highest BCUT2D eigenvalue weighted by Gasteiger charge is 2.44. The summed E-state index contributed by atoms with van der Waals surface area (Å²) in [6.07, 6.45) is -4.02. The third kappa shape index (κ3) is 5.85. The van der Waals surface area contributed by atoms with Crippen molar-refractivity contribution in [2.75, 3.05) is 42.9 Å². The van der Waals surface area contributed by atoms with Gasteiger partial charge in [0.05, 0.1) is 12.5 Å². The van der Waals surface area contributed by atoms with E-state index in [0.29, 0.717) is 18.8 Å². The van der Waals surface area contributed by atoms with Crippen LogP contribution < -0.4 is 15.5 Å². The van der Waals surface area contributed by atoms with Crippen LogP contribution in [0.25, 0.3) is 0 Å². The average molecular weight is 469 g/mol. The van der Waals surface area contributed by atoms with Crippen molar-refractivity contribution in [2.45, 2.75) is 37.8 Å². The molecular formula is C25H32N4O5. The van der Waals surface area contributed by atoms with E-state index in [1.54, 1.807) is 17.0 Å². The van der Waals surface area contributed by atoms with Crippen LogP contribution in [0.5, 0.6) is 0 Å². The Labute approximate surface area is 199 Å². The van der Waals surface area contributed by atoms with E-state index in [2.05, 4.69) is 27.7 Å². The van der Waals surface area contributed by atoms with E-state index in [1.165, 1.54) is 0 Å². The zero-order valence-electron chi connectivity index (χ0n) is 19.3.